The molecule has 0 radical (unpaired) electrons. The summed E-state index contributed by atoms with van der Waals surface area (Å²) in [6.45, 7) is 2.26. The lowest BCUT2D eigenvalue weighted by molar-refractivity contribution is -0.118. The normalized spacial score (nSPS) is 19.8. The third-order valence-corrected chi connectivity index (χ3v) is 4.32. The number of aryl methyl sites for hydroxylation is 1. The third-order valence-electron chi connectivity index (χ3n) is 4.32. The second-order valence-corrected chi connectivity index (χ2v) is 6.10. The number of fused-ring (bicyclic) bond motifs is 1. The fourth-order valence-electron chi connectivity index (χ4n) is 3.15. The summed E-state index contributed by atoms with van der Waals surface area (Å²) >= 11 is 0. The SMILES string of the molecule is Cc1nc(C2CCCCN2C(=O)c2cnc3c(c2)NC(=O)CO3)no1. The number of amides is 2. The topological polar surface area (TPSA) is 110 Å². The molecule has 2 amide bonds. The van der Waals surface area contributed by atoms with Crippen LogP contribution in [-0.4, -0.2) is 45.0 Å². The summed E-state index contributed by atoms with van der Waals surface area (Å²) in [5.41, 5.74) is 0.794. The predicted molar refractivity (Wildman–Crippen MR) is 85.0 cm³/mol. The fraction of sp³-hybridized carbons (Fsp3) is 0.438. The van der Waals surface area contributed by atoms with Gasteiger partial charge >= 0.3 is 0 Å². The molecule has 1 saturated heterocycles. The van der Waals surface area contributed by atoms with Crippen LogP contribution < -0.4 is 10.1 Å². The molecule has 9 nitrogen and oxygen atoms in total. The van der Waals surface area contributed by atoms with Crippen LogP contribution in [-0.2, 0) is 4.79 Å². The molecule has 4 heterocycles. The van der Waals surface area contributed by atoms with Crippen LogP contribution >= 0.6 is 0 Å². The number of nitrogens with zero attached hydrogens (tertiary/aromatic N) is 4. The highest BCUT2D eigenvalue weighted by Crippen LogP contribution is 2.32. The van der Waals surface area contributed by atoms with E-state index in [1.165, 1.54) is 6.20 Å². The van der Waals surface area contributed by atoms with Crippen molar-refractivity contribution in [1.29, 1.82) is 0 Å². The molecule has 0 aromatic carbocycles. The van der Waals surface area contributed by atoms with Gasteiger partial charge in [-0.3, -0.25) is 9.59 Å². The molecule has 1 atom stereocenters. The maximum atomic E-state index is 13.0. The van der Waals surface area contributed by atoms with E-state index in [1.807, 2.05) is 0 Å². The monoisotopic (exact) mass is 343 g/mol. The van der Waals surface area contributed by atoms with Gasteiger partial charge < -0.3 is 19.5 Å². The van der Waals surface area contributed by atoms with Crippen molar-refractivity contribution in [2.24, 2.45) is 0 Å². The molecule has 0 spiro atoms. The quantitative estimate of drug-likeness (QED) is 0.879. The van der Waals surface area contributed by atoms with Crippen molar-refractivity contribution in [3.63, 3.8) is 0 Å². The largest absolute Gasteiger partial charge is 0.466 e. The number of rotatable bonds is 2. The molecule has 2 aromatic rings. The second kappa shape index (κ2) is 6.15. The van der Waals surface area contributed by atoms with Crippen LogP contribution in [0, 0.1) is 6.92 Å². The molecule has 0 aliphatic carbocycles. The van der Waals surface area contributed by atoms with Gasteiger partial charge in [-0.2, -0.15) is 4.98 Å². The minimum Gasteiger partial charge on any atom is -0.466 e. The van der Waals surface area contributed by atoms with Crippen molar-refractivity contribution < 1.29 is 18.8 Å². The van der Waals surface area contributed by atoms with Crippen molar-refractivity contribution in [3.05, 3.63) is 29.5 Å². The molecule has 130 valence electrons. The molecular formula is C16H17N5O4. The number of hydrogen-bond donors (Lipinski definition) is 1. The maximum Gasteiger partial charge on any atom is 0.262 e. The number of nitrogens with one attached hydrogen (secondary N) is 1. The summed E-state index contributed by atoms with van der Waals surface area (Å²) in [6, 6.07) is 1.37. The lowest BCUT2D eigenvalue weighted by atomic mass is 10.0. The number of anilines is 1. The molecule has 2 aromatic heterocycles. The van der Waals surface area contributed by atoms with Crippen LogP contribution in [0.15, 0.2) is 16.8 Å². The third kappa shape index (κ3) is 2.92. The highest BCUT2D eigenvalue weighted by atomic mass is 16.5. The van der Waals surface area contributed by atoms with Gasteiger partial charge in [-0.05, 0) is 25.3 Å². The van der Waals surface area contributed by atoms with Crippen LogP contribution in [0.1, 0.15) is 47.4 Å². The summed E-state index contributed by atoms with van der Waals surface area (Å²) < 4.78 is 10.3. The maximum absolute atomic E-state index is 13.0. The lowest BCUT2D eigenvalue weighted by Crippen LogP contribution is -2.39. The first-order valence-corrected chi connectivity index (χ1v) is 8.15. The zero-order valence-corrected chi connectivity index (χ0v) is 13.7. The number of carbonyl (C=O) groups excluding carboxylic acids is 2. The van der Waals surface area contributed by atoms with Crippen LogP contribution in [0.3, 0.4) is 0 Å². The Hall–Kier alpha value is -2.97. The Bertz CT molecular complexity index is 834. The number of piperidine rings is 1. The number of ether oxygens (including phenoxy) is 1. The van der Waals surface area contributed by atoms with Crippen LogP contribution in [0.5, 0.6) is 5.88 Å². The predicted octanol–water partition coefficient (Wildman–Crippen LogP) is 1.47. The van der Waals surface area contributed by atoms with Crippen molar-refractivity contribution in [2.45, 2.75) is 32.2 Å². The van der Waals surface area contributed by atoms with E-state index in [2.05, 4.69) is 20.4 Å². The summed E-state index contributed by atoms with van der Waals surface area (Å²) in [4.78, 5) is 34.6. The molecular weight excluding hydrogens is 326 g/mol. The number of hydrogen-bond acceptors (Lipinski definition) is 7. The Morgan fingerprint density at radius 2 is 2.28 bits per heavy atom. The van der Waals surface area contributed by atoms with Crippen LogP contribution in [0.2, 0.25) is 0 Å². The Kier molecular flexibility index (Phi) is 3.83. The highest BCUT2D eigenvalue weighted by Gasteiger charge is 2.32. The Morgan fingerprint density at radius 3 is 3.08 bits per heavy atom. The molecule has 2 aliphatic rings. The Labute approximate surface area is 143 Å². The van der Waals surface area contributed by atoms with Crippen molar-refractivity contribution >= 4 is 17.5 Å². The van der Waals surface area contributed by atoms with Crippen molar-refractivity contribution in [2.75, 3.05) is 18.5 Å². The summed E-state index contributed by atoms with van der Waals surface area (Å²) in [5, 5.41) is 6.64. The van der Waals surface area contributed by atoms with E-state index < -0.39 is 0 Å². The van der Waals surface area contributed by atoms with Crippen molar-refractivity contribution in [3.8, 4) is 5.88 Å². The van der Waals surface area contributed by atoms with Gasteiger partial charge in [-0.15, -0.1) is 0 Å². The molecule has 25 heavy (non-hydrogen) atoms. The van der Waals surface area contributed by atoms with Crippen LogP contribution in [0.4, 0.5) is 5.69 Å². The second-order valence-electron chi connectivity index (χ2n) is 6.10. The number of carbonyl (C=O) groups is 2. The van der Waals surface area contributed by atoms with E-state index in [0.717, 1.165) is 19.3 Å². The number of likely N-dealkylation sites (tertiary alicyclic amines) is 1. The molecule has 1 fully saturated rings. The van der Waals surface area contributed by atoms with Gasteiger partial charge in [-0.25, -0.2) is 4.98 Å². The Morgan fingerprint density at radius 1 is 1.40 bits per heavy atom. The van der Waals surface area contributed by atoms with E-state index in [9.17, 15) is 9.59 Å². The van der Waals surface area contributed by atoms with Gasteiger partial charge in [0.1, 0.15) is 5.69 Å². The van der Waals surface area contributed by atoms with E-state index >= 15 is 0 Å². The zero-order chi connectivity index (χ0) is 17.4. The summed E-state index contributed by atoms with van der Waals surface area (Å²) in [7, 11) is 0. The Balaban J connectivity index is 1.62. The van der Waals surface area contributed by atoms with Crippen molar-refractivity contribution in [1.82, 2.24) is 20.0 Å². The zero-order valence-electron chi connectivity index (χ0n) is 13.7. The first-order valence-electron chi connectivity index (χ1n) is 8.15. The first-order chi connectivity index (χ1) is 12.1. The average molecular weight is 343 g/mol. The number of aromatic nitrogens is 3. The van der Waals surface area contributed by atoms with E-state index in [4.69, 9.17) is 9.26 Å². The molecule has 0 bridgehead atoms. The van der Waals surface area contributed by atoms with E-state index in [0.29, 0.717) is 35.4 Å². The van der Waals surface area contributed by atoms with Gasteiger partial charge in [0, 0.05) is 19.7 Å². The lowest BCUT2D eigenvalue weighted by Gasteiger charge is -2.34. The highest BCUT2D eigenvalue weighted by molar-refractivity contribution is 5.99. The van der Waals surface area contributed by atoms with Gasteiger partial charge in [0.25, 0.3) is 11.8 Å². The minimum absolute atomic E-state index is 0.0708. The molecule has 1 N–H and O–H groups in total. The molecule has 9 heteroatoms. The average Bonchev–Trinajstić information content (AvgIpc) is 3.06. The van der Waals surface area contributed by atoms with E-state index in [1.54, 1.807) is 17.9 Å². The van der Waals surface area contributed by atoms with E-state index in [-0.39, 0.29) is 24.5 Å². The first kappa shape index (κ1) is 15.6. The summed E-state index contributed by atoms with van der Waals surface area (Å²) in [5.74, 6) is 0.871. The molecule has 1 unspecified atom stereocenters. The molecule has 2 aliphatic heterocycles. The smallest absolute Gasteiger partial charge is 0.262 e. The summed E-state index contributed by atoms with van der Waals surface area (Å²) in [6.07, 6.45) is 4.15. The van der Waals surface area contributed by atoms with Crippen LogP contribution in [0.25, 0.3) is 0 Å². The minimum atomic E-state index is -0.267. The molecule has 0 saturated carbocycles. The van der Waals surface area contributed by atoms with Gasteiger partial charge in [0.2, 0.25) is 11.8 Å². The molecule has 4 rings (SSSR count). The standard InChI is InChI=1S/C16H17N5O4/c1-9-18-14(20-25-9)12-4-2-3-5-21(12)16(23)10-6-11-15(17-7-10)24-8-13(22)19-11/h6-7,12H,2-5,8H2,1H3,(H,19,22). The number of pyridine rings is 1. The van der Waals surface area contributed by atoms with Gasteiger partial charge in [0.15, 0.2) is 12.4 Å². The van der Waals surface area contributed by atoms with Gasteiger partial charge in [0.05, 0.1) is 11.6 Å². The fourth-order valence-corrected chi connectivity index (χ4v) is 3.15. The van der Waals surface area contributed by atoms with Gasteiger partial charge in [-0.1, -0.05) is 5.16 Å².